The molecule has 1 fully saturated rings. The molecule has 1 saturated heterocycles. The highest BCUT2D eigenvalue weighted by molar-refractivity contribution is 9.10. The van der Waals surface area contributed by atoms with Crippen molar-refractivity contribution in [1.29, 1.82) is 0 Å². The Kier molecular flexibility index (Phi) is 4.38. The molecule has 0 saturated carbocycles. The second-order valence-corrected chi connectivity index (χ2v) is 5.27. The van der Waals surface area contributed by atoms with Crippen LogP contribution in [0.2, 0.25) is 0 Å². The Balaban J connectivity index is 1.81. The summed E-state index contributed by atoms with van der Waals surface area (Å²) in [5.41, 5.74) is 1.17. The first-order valence-corrected chi connectivity index (χ1v) is 6.57. The van der Waals surface area contributed by atoms with Crippen LogP contribution in [0.15, 0.2) is 28.7 Å². The molecule has 0 aliphatic carbocycles. The second kappa shape index (κ2) is 5.80. The van der Waals surface area contributed by atoms with Crippen LogP contribution in [0.25, 0.3) is 0 Å². The van der Waals surface area contributed by atoms with Crippen LogP contribution in [0.3, 0.4) is 0 Å². The third-order valence-electron chi connectivity index (χ3n) is 2.94. The number of benzene rings is 1. The van der Waals surface area contributed by atoms with Gasteiger partial charge in [0, 0.05) is 11.1 Å². The Morgan fingerprint density at radius 1 is 1.38 bits per heavy atom. The van der Waals surface area contributed by atoms with Crippen molar-refractivity contribution in [1.82, 2.24) is 0 Å². The molecule has 0 amide bonds. The zero-order valence-corrected chi connectivity index (χ0v) is 10.8. The number of aliphatic hydroxyl groups is 1. The lowest BCUT2D eigenvalue weighted by Crippen LogP contribution is -2.19. The van der Waals surface area contributed by atoms with Gasteiger partial charge in [0.1, 0.15) is 0 Å². The predicted octanol–water partition coefficient (Wildman–Crippen LogP) is 2.92. The van der Waals surface area contributed by atoms with Gasteiger partial charge in [-0.05, 0) is 43.4 Å². The van der Waals surface area contributed by atoms with E-state index in [1.807, 2.05) is 24.3 Å². The van der Waals surface area contributed by atoms with Crippen LogP contribution in [0, 0.1) is 0 Å². The third-order valence-corrected chi connectivity index (χ3v) is 3.47. The van der Waals surface area contributed by atoms with E-state index in [4.69, 9.17) is 4.74 Å². The van der Waals surface area contributed by atoms with Crippen molar-refractivity contribution in [3.8, 4) is 0 Å². The van der Waals surface area contributed by atoms with Gasteiger partial charge in [-0.15, -0.1) is 0 Å². The monoisotopic (exact) mass is 284 g/mol. The van der Waals surface area contributed by atoms with E-state index in [-0.39, 0.29) is 12.2 Å². The van der Waals surface area contributed by atoms with Crippen molar-refractivity contribution < 1.29 is 9.84 Å². The number of halogens is 1. The molecule has 88 valence electrons. The quantitative estimate of drug-likeness (QED) is 0.921. The molecule has 1 aliphatic rings. The summed E-state index contributed by atoms with van der Waals surface area (Å²) in [6, 6.07) is 8.11. The molecule has 1 aromatic carbocycles. The molecule has 2 unspecified atom stereocenters. The molecule has 0 spiro atoms. The summed E-state index contributed by atoms with van der Waals surface area (Å²) in [5.74, 6) is 0. The molecule has 2 nitrogen and oxygen atoms in total. The van der Waals surface area contributed by atoms with Gasteiger partial charge in [0.05, 0.1) is 12.2 Å². The minimum atomic E-state index is -0.288. The van der Waals surface area contributed by atoms with Crippen LogP contribution in [0.1, 0.15) is 24.8 Å². The molecule has 0 bridgehead atoms. The van der Waals surface area contributed by atoms with E-state index in [9.17, 15) is 5.11 Å². The fourth-order valence-corrected chi connectivity index (χ4v) is 2.37. The summed E-state index contributed by atoms with van der Waals surface area (Å²) in [6.07, 6.45) is 3.69. The van der Waals surface area contributed by atoms with Crippen LogP contribution in [0.5, 0.6) is 0 Å². The fraction of sp³-hybridized carbons (Fsp3) is 0.538. The van der Waals surface area contributed by atoms with Crippen molar-refractivity contribution in [2.24, 2.45) is 0 Å². The van der Waals surface area contributed by atoms with Gasteiger partial charge in [0.25, 0.3) is 0 Å². The molecule has 1 aromatic rings. The van der Waals surface area contributed by atoms with Gasteiger partial charge in [-0.3, -0.25) is 0 Å². The fourth-order valence-electron chi connectivity index (χ4n) is 2.11. The largest absolute Gasteiger partial charge is 0.393 e. The standard InChI is InChI=1S/C13H17BrO2/c14-11-5-3-10(4-6-11)8-12(15)9-13-2-1-7-16-13/h3-6,12-13,15H,1-2,7-9H2. The lowest BCUT2D eigenvalue weighted by atomic mass is 10.0. The van der Waals surface area contributed by atoms with Crippen LogP contribution < -0.4 is 0 Å². The summed E-state index contributed by atoms with van der Waals surface area (Å²) in [5, 5.41) is 9.94. The van der Waals surface area contributed by atoms with E-state index in [1.54, 1.807) is 0 Å². The third kappa shape index (κ3) is 3.58. The predicted molar refractivity (Wildman–Crippen MR) is 67.4 cm³/mol. The number of ether oxygens (including phenoxy) is 1. The maximum atomic E-state index is 9.94. The average Bonchev–Trinajstić information content (AvgIpc) is 2.74. The van der Waals surface area contributed by atoms with Gasteiger partial charge in [0.2, 0.25) is 0 Å². The van der Waals surface area contributed by atoms with Gasteiger partial charge in [-0.2, -0.15) is 0 Å². The summed E-state index contributed by atoms with van der Waals surface area (Å²) in [4.78, 5) is 0. The lowest BCUT2D eigenvalue weighted by Gasteiger charge is -2.15. The van der Waals surface area contributed by atoms with E-state index < -0.39 is 0 Å². The summed E-state index contributed by atoms with van der Waals surface area (Å²) in [6.45, 7) is 0.857. The molecule has 1 aliphatic heterocycles. The second-order valence-electron chi connectivity index (χ2n) is 4.36. The minimum absolute atomic E-state index is 0.269. The number of rotatable bonds is 4. The van der Waals surface area contributed by atoms with Crippen molar-refractivity contribution in [3.63, 3.8) is 0 Å². The van der Waals surface area contributed by atoms with Gasteiger partial charge in [0.15, 0.2) is 0 Å². The number of hydrogen-bond donors (Lipinski definition) is 1. The van der Waals surface area contributed by atoms with Crippen molar-refractivity contribution in [2.75, 3.05) is 6.61 Å². The van der Waals surface area contributed by atoms with Gasteiger partial charge in [-0.25, -0.2) is 0 Å². The van der Waals surface area contributed by atoms with Crippen molar-refractivity contribution >= 4 is 15.9 Å². The van der Waals surface area contributed by atoms with E-state index in [1.165, 1.54) is 5.56 Å². The van der Waals surface area contributed by atoms with Crippen LogP contribution in [-0.4, -0.2) is 23.9 Å². The van der Waals surface area contributed by atoms with E-state index in [0.717, 1.165) is 30.3 Å². The Labute approximate surface area is 105 Å². The summed E-state index contributed by atoms with van der Waals surface area (Å²) >= 11 is 3.40. The van der Waals surface area contributed by atoms with E-state index in [2.05, 4.69) is 15.9 Å². The molecular weight excluding hydrogens is 268 g/mol. The molecular formula is C13H17BrO2. The highest BCUT2D eigenvalue weighted by atomic mass is 79.9. The molecule has 3 heteroatoms. The molecule has 0 aromatic heterocycles. The molecule has 2 rings (SSSR count). The molecule has 1 N–H and O–H groups in total. The van der Waals surface area contributed by atoms with E-state index in [0.29, 0.717) is 6.42 Å². The van der Waals surface area contributed by atoms with Gasteiger partial charge >= 0.3 is 0 Å². The zero-order valence-electron chi connectivity index (χ0n) is 9.23. The molecule has 0 radical (unpaired) electrons. The maximum absolute atomic E-state index is 9.94. The topological polar surface area (TPSA) is 29.5 Å². The Bertz CT molecular complexity index is 317. The normalized spacial score (nSPS) is 22.2. The van der Waals surface area contributed by atoms with Crippen molar-refractivity contribution in [2.45, 2.75) is 37.9 Å². The van der Waals surface area contributed by atoms with E-state index >= 15 is 0 Å². The summed E-state index contributed by atoms with van der Waals surface area (Å²) in [7, 11) is 0. The summed E-state index contributed by atoms with van der Waals surface area (Å²) < 4.78 is 6.59. The minimum Gasteiger partial charge on any atom is -0.393 e. The lowest BCUT2D eigenvalue weighted by molar-refractivity contribution is 0.0541. The smallest absolute Gasteiger partial charge is 0.0605 e. The highest BCUT2D eigenvalue weighted by Crippen LogP contribution is 2.19. The zero-order chi connectivity index (χ0) is 11.4. The number of aliphatic hydroxyl groups excluding tert-OH is 1. The Morgan fingerprint density at radius 3 is 2.75 bits per heavy atom. The molecule has 2 atom stereocenters. The first kappa shape index (κ1) is 12.1. The Hall–Kier alpha value is -0.380. The SMILES string of the molecule is OC(Cc1ccc(Br)cc1)CC1CCCO1. The Morgan fingerprint density at radius 2 is 2.12 bits per heavy atom. The highest BCUT2D eigenvalue weighted by Gasteiger charge is 2.19. The first-order chi connectivity index (χ1) is 7.74. The van der Waals surface area contributed by atoms with Crippen LogP contribution >= 0.6 is 15.9 Å². The first-order valence-electron chi connectivity index (χ1n) is 5.78. The van der Waals surface area contributed by atoms with Gasteiger partial charge in [-0.1, -0.05) is 28.1 Å². The van der Waals surface area contributed by atoms with Gasteiger partial charge < -0.3 is 9.84 Å². The van der Waals surface area contributed by atoms with Crippen LogP contribution in [-0.2, 0) is 11.2 Å². The molecule has 16 heavy (non-hydrogen) atoms. The average molecular weight is 285 g/mol. The van der Waals surface area contributed by atoms with Crippen LogP contribution in [0.4, 0.5) is 0 Å². The number of hydrogen-bond acceptors (Lipinski definition) is 2. The van der Waals surface area contributed by atoms with Crippen molar-refractivity contribution in [3.05, 3.63) is 34.3 Å². The molecule has 1 heterocycles. The maximum Gasteiger partial charge on any atom is 0.0605 e.